The first-order valence-corrected chi connectivity index (χ1v) is 8.46. The molecule has 0 aromatic carbocycles. The van der Waals surface area contributed by atoms with Gasteiger partial charge in [-0.2, -0.15) is 0 Å². The van der Waals surface area contributed by atoms with Crippen molar-refractivity contribution >= 4 is 33.0 Å². The van der Waals surface area contributed by atoms with Crippen LogP contribution >= 0.6 is 27.3 Å². The van der Waals surface area contributed by atoms with E-state index in [0.717, 1.165) is 36.2 Å². The van der Waals surface area contributed by atoms with Crippen LogP contribution in [0, 0.1) is 0 Å². The lowest BCUT2D eigenvalue weighted by atomic mass is 10.3. The molecule has 0 bridgehead atoms. The van der Waals surface area contributed by atoms with Gasteiger partial charge >= 0.3 is 0 Å². The molecule has 0 unspecified atom stereocenters. The Kier molecular flexibility index (Phi) is 6.01. The van der Waals surface area contributed by atoms with Crippen LogP contribution in [0.3, 0.4) is 0 Å². The average molecular weight is 354 g/mol. The highest BCUT2D eigenvalue weighted by atomic mass is 79.9. The summed E-state index contributed by atoms with van der Waals surface area (Å²) in [6.07, 6.45) is 3.03. The monoisotopic (exact) mass is 353 g/mol. The Morgan fingerprint density at radius 2 is 2.25 bits per heavy atom. The highest BCUT2D eigenvalue weighted by Gasteiger charge is 2.05. The Morgan fingerprint density at radius 3 is 2.95 bits per heavy atom. The zero-order valence-electron chi connectivity index (χ0n) is 11.9. The maximum atomic E-state index is 4.41. The second-order valence-corrected chi connectivity index (χ2v) is 6.68. The number of halogens is 1. The molecule has 2 aromatic heterocycles. The first-order chi connectivity index (χ1) is 9.69. The molecule has 2 heterocycles. The minimum Gasteiger partial charge on any atom is -0.369 e. The molecular weight excluding hydrogens is 334 g/mol. The van der Waals surface area contributed by atoms with Gasteiger partial charge in [-0.05, 0) is 47.1 Å². The molecule has 0 aliphatic carbocycles. The molecule has 3 nitrogen and oxygen atoms in total. The number of anilines is 1. The highest BCUT2D eigenvalue weighted by Crippen LogP contribution is 2.23. The lowest BCUT2D eigenvalue weighted by Crippen LogP contribution is -2.18. The molecule has 0 amide bonds. The molecule has 0 aliphatic heterocycles. The minimum atomic E-state index is 0.833. The van der Waals surface area contributed by atoms with Crippen molar-refractivity contribution in [2.75, 3.05) is 18.5 Å². The second kappa shape index (κ2) is 7.76. The van der Waals surface area contributed by atoms with Crippen molar-refractivity contribution in [1.29, 1.82) is 0 Å². The first-order valence-electron chi connectivity index (χ1n) is 6.78. The maximum absolute atomic E-state index is 4.41. The second-order valence-electron chi connectivity index (χ2n) is 4.77. The number of hydrogen-bond donors (Lipinski definition) is 1. The van der Waals surface area contributed by atoms with E-state index in [4.69, 9.17) is 0 Å². The Bertz CT molecular complexity index is 541. The van der Waals surface area contributed by atoms with E-state index in [0.29, 0.717) is 0 Å². The van der Waals surface area contributed by atoms with Crippen LogP contribution < -0.4 is 10.2 Å². The number of nitrogens with zero attached hydrogens (tertiary/aromatic N) is 2. The van der Waals surface area contributed by atoms with Crippen molar-refractivity contribution in [1.82, 2.24) is 10.3 Å². The van der Waals surface area contributed by atoms with Gasteiger partial charge in [-0.1, -0.05) is 6.92 Å². The zero-order valence-corrected chi connectivity index (χ0v) is 14.3. The van der Waals surface area contributed by atoms with Crippen molar-refractivity contribution in [3.05, 3.63) is 44.8 Å². The van der Waals surface area contributed by atoms with E-state index < -0.39 is 0 Å². The Balaban J connectivity index is 1.98. The molecule has 0 aliphatic rings. The van der Waals surface area contributed by atoms with Crippen LogP contribution in [0.25, 0.3) is 0 Å². The highest BCUT2D eigenvalue weighted by molar-refractivity contribution is 9.10. The molecule has 5 heteroatoms. The molecule has 2 aromatic rings. The van der Waals surface area contributed by atoms with Crippen LogP contribution in [0.5, 0.6) is 0 Å². The van der Waals surface area contributed by atoms with Gasteiger partial charge in [0, 0.05) is 40.2 Å². The van der Waals surface area contributed by atoms with Crippen LogP contribution in [-0.2, 0) is 13.1 Å². The Morgan fingerprint density at radius 1 is 1.40 bits per heavy atom. The molecule has 0 atom stereocenters. The maximum Gasteiger partial charge on any atom is 0.0562 e. The summed E-state index contributed by atoms with van der Waals surface area (Å²) in [6, 6.07) is 6.39. The predicted molar refractivity (Wildman–Crippen MR) is 90.4 cm³/mol. The van der Waals surface area contributed by atoms with Crippen molar-refractivity contribution in [2.45, 2.75) is 26.4 Å². The Hall–Kier alpha value is -0.910. The van der Waals surface area contributed by atoms with Crippen molar-refractivity contribution in [3.63, 3.8) is 0 Å². The summed E-state index contributed by atoms with van der Waals surface area (Å²) in [4.78, 5) is 8.01. The van der Waals surface area contributed by atoms with Gasteiger partial charge in [-0.15, -0.1) is 11.3 Å². The van der Waals surface area contributed by atoms with Crippen molar-refractivity contribution in [3.8, 4) is 0 Å². The fourth-order valence-corrected chi connectivity index (χ4v) is 3.46. The first kappa shape index (κ1) is 15.5. The molecule has 0 radical (unpaired) electrons. The molecular formula is C15H20BrN3S. The molecule has 0 spiro atoms. The summed E-state index contributed by atoms with van der Waals surface area (Å²) in [5.74, 6) is 0. The third-order valence-corrected chi connectivity index (χ3v) is 4.67. The number of pyridine rings is 1. The smallest absolute Gasteiger partial charge is 0.0562 e. The SMILES string of the molecule is CCCNCc1cc(N(C)Cc2cc(Br)cs2)ccn1. The third-order valence-electron chi connectivity index (χ3n) is 2.99. The fraction of sp³-hybridized carbons (Fsp3) is 0.400. The summed E-state index contributed by atoms with van der Waals surface area (Å²) in [7, 11) is 2.12. The summed E-state index contributed by atoms with van der Waals surface area (Å²) in [6.45, 7) is 4.96. The van der Waals surface area contributed by atoms with Gasteiger partial charge in [-0.25, -0.2) is 0 Å². The predicted octanol–water partition coefficient (Wildman–Crippen LogP) is 4.04. The molecule has 1 N–H and O–H groups in total. The average Bonchev–Trinajstić information content (AvgIpc) is 2.85. The minimum absolute atomic E-state index is 0.833. The van der Waals surface area contributed by atoms with Crippen molar-refractivity contribution in [2.24, 2.45) is 0 Å². The van der Waals surface area contributed by atoms with E-state index in [9.17, 15) is 0 Å². The van der Waals surface area contributed by atoms with E-state index in [1.165, 1.54) is 10.6 Å². The van der Waals surface area contributed by atoms with Gasteiger partial charge < -0.3 is 10.2 Å². The normalized spacial score (nSPS) is 10.8. The van der Waals surface area contributed by atoms with Gasteiger partial charge in [0.05, 0.1) is 12.2 Å². The van der Waals surface area contributed by atoms with Gasteiger partial charge in [-0.3, -0.25) is 4.98 Å². The van der Waals surface area contributed by atoms with Crippen LogP contribution in [0.1, 0.15) is 23.9 Å². The van der Waals surface area contributed by atoms with Crippen molar-refractivity contribution < 1.29 is 0 Å². The summed E-state index contributed by atoms with van der Waals surface area (Å²) in [5.41, 5.74) is 2.30. The molecule has 0 saturated heterocycles. The van der Waals surface area contributed by atoms with Crippen LogP contribution in [0.15, 0.2) is 34.2 Å². The molecule has 2 rings (SSSR count). The number of rotatable bonds is 7. The summed E-state index contributed by atoms with van der Waals surface area (Å²) in [5, 5.41) is 5.51. The number of thiophene rings is 1. The van der Waals surface area contributed by atoms with Gasteiger partial charge in [0.2, 0.25) is 0 Å². The summed E-state index contributed by atoms with van der Waals surface area (Å²) < 4.78 is 1.16. The van der Waals surface area contributed by atoms with E-state index in [2.05, 4.69) is 68.7 Å². The van der Waals surface area contributed by atoms with E-state index in [1.807, 2.05) is 6.20 Å². The van der Waals surface area contributed by atoms with Crippen LogP contribution in [0.4, 0.5) is 5.69 Å². The zero-order chi connectivity index (χ0) is 14.4. The Labute approximate surface area is 133 Å². The van der Waals surface area contributed by atoms with E-state index in [-0.39, 0.29) is 0 Å². The topological polar surface area (TPSA) is 28.2 Å². The molecule has 0 fully saturated rings. The lowest BCUT2D eigenvalue weighted by Gasteiger charge is -2.19. The number of hydrogen-bond acceptors (Lipinski definition) is 4. The fourth-order valence-electron chi connectivity index (χ4n) is 1.95. The molecule has 0 saturated carbocycles. The lowest BCUT2D eigenvalue weighted by molar-refractivity contribution is 0.664. The quantitative estimate of drug-likeness (QED) is 0.761. The third kappa shape index (κ3) is 4.58. The van der Waals surface area contributed by atoms with Gasteiger partial charge in [0.1, 0.15) is 0 Å². The van der Waals surface area contributed by atoms with Crippen LogP contribution in [-0.4, -0.2) is 18.6 Å². The molecule has 108 valence electrons. The number of nitrogens with one attached hydrogen (secondary N) is 1. The molecule has 20 heavy (non-hydrogen) atoms. The summed E-state index contributed by atoms with van der Waals surface area (Å²) >= 11 is 5.28. The van der Waals surface area contributed by atoms with E-state index >= 15 is 0 Å². The largest absolute Gasteiger partial charge is 0.369 e. The standard InChI is InChI=1S/C15H20BrN3S/c1-3-5-17-9-13-8-14(4-6-18-13)19(2)10-15-7-12(16)11-20-15/h4,6-8,11,17H,3,5,9-10H2,1-2H3. The van der Waals surface area contributed by atoms with Crippen LogP contribution in [0.2, 0.25) is 0 Å². The number of aromatic nitrogens is 1. The van der Waals surface area contributed by atoms with Gasteiger partial charge in [0.25, 0.3) is 0 Å². The van der Waals surface area contributed by atoms with E-state index in [1.54, 1.807) is 11.3 Å². The van der Waals surface area contributed by atoms with Gasteiger partial charge in [0.15, 0.2) is 0 Å².